The summed E-state index contributed by atoms with van der Waals surface area (Å²) < 4.78 is 29.8. The number of hydrogen-bond donors (Lipinski definition) is 1. The largest absolute Gasteiger partial charge is 0.468 e. The number of halogens is 2. The topological polar surface area (TPSA) is 79.6 Å². The third-order valence-electron chi connectivity index (χ3n) is 4.22. The SMILES string of the molecule is O=C(CN(Cc1ccco1)C1CCS(=O)(=O)C1)Nc1ccc(Br)cc1Cl. The van der Waals surface area contributed by atoms with Crippen LogP contribution in [0.15, 0.2) is 45.5 Å². The maximum atomic E-state index is 12.5. The summed E-state index contributed by atoms with van der Waals surface area (Å²) in [6.45, 7) is 0.419. The molecule has 1 saturated heterocycles. The van der Waals surface area contributed by atoms with E-state index in [0.29, 0.717) is 29.4 Å². The van der Waals surface area contributed by atoms with Gasteiger partial charge in [0.25, 0.3) is 0 Å². The summed E-state index contributed by atoms with van der Waals surface area (Å²) >= 11 is 9.46. The molecule has 1 aliphatic heterocycles. The van der Waals surface area contributed by atoms with E-state index in [2.05, 4.69) is 21.2 Å². The van der Waals surface area contributed by atoms with Crippen molar-refractivity contribution in [3.8, 4) is 0 Å². The summed E-state index contributed by atoms with van der Waals surface area (Å²) in [4.78, 5) is 14.3. The molecule has 6 nitrogen and oxygen atoms in total. The van der Waals surface area contributed by atoms with Gasteiger partial charge in [-0.2, -0.15) is 0 Å². The molecule has 140 valence electrons. The molecule has 0 aliphatic carbocycles. The van der Waals surface area contributed by atoms with Crippen LogP contribution >= 0.6 is 27.5 Å². The van der Waals surface area contributed by atoms with Gasteiger partial charge in [-0.3, -0.25) is 9.69 Å². The van der Waals surface area contributed by atoms with Crippen LogP contribution in [0, 0.1) is 0 Å². The van der Waals surface area contributed by atoms with Crippen LogP contribution in [-0.2, 0) is 21.2 Å². The molecule has 0 spiro atoms. The number of furan rings is 1. The zero-order chi connectivity index (χ0) is 18.7. The standard InChI is InChI=1S/C17H18BrClN2O4S/c18-12-3-4-16(15(19)8-12)20-17(22)10-21(9-14-2-1-6-25-14)13-5-7-26(23,24)11-13/h1-4,6,8,13H,5,7,9-11H2,(H,20,22). The first-order valence-electron chi connectivity index (χ1n) is 8.04. The molecule has 0 saturated carbocycles. The molecule has 1 amide bonds. The Kier molecular flexibility index (Phi) is 6.06. The van der Waals surface area contributed by atoms with Crippen molar-refractivity contribution in [1.29, 1.82) is 0 Å². The first kappa shape index (κ1) is 19.4. The van der Waals surface area contributed by atoms with Gasteiger partial charge >= 0.3 is 0 Å². The smallest absolute Gasteiger partial charge is 0.238 e. The van der Waals surface area contributed by atoms with Crippen molar-refractivity contribution in [3.63, 3.8) is 0 Å². The number of nitrogens with one attached hydrogen (secondary N) is 1. The molecule has 1 N–H and O–H groups in total. The Morgan fingerprint density at radius 2 is 2.19 bits per heavy atom. The van der Waals surface area contributed by atoms with Gasteiger partial charge in [0, 0.05) is 10.5 Å². The molecule has 1 aliphatic rings. The molecular weight excluding hydrogens is 444 g/mol. The Balaban J connectivity index is 1.71. The van der Waals surface area contributed by atoms with E-state index in [4.69, 9.17) is 16.0 Å². The summed E-state index contributed by atoms with van der Waals surface area (Å²) in [5, 5.41) is 3.20. The molecule has 1 aromatic carbocycles. The minimum absolute atomic E-state index is 0.0489. The van der Waals surface area contributed by atoms with Crippen molar-refractivity contribution in [2.75, 3.05) is 23.4 Å². The predicted molar refractivity (Wildman–Crippen MR) is 104 cm³/mol. The summed E-state index contributed by atoms with van der Waals surface area (Å²) in [7, 11) is -3.06. The van der Waals surface area contributed by atoms with Gasteiger partial charge in [-0.15, -0.1) is 0 Å². The molecule has 1 atom stereocenters. The Morgan fingerprint density at radius 1 is 1.38 bits per heavy atom. The van der Waals surface area contributed by atoms with Crippen molar-refractivity contribution in [2.45, 2.75) is 19.0 Å². The third-order valence-corrected chi connectivity index (χ3v) is 6.77. The lowest BCUT2D eigenvalue weighted by atomic mass is 10.2. The molecule has 1 fully saturated rings. The third kappa shape index (κ3) is 5.09. The first-order chi connectivity index (χ1) is 12.3. The van der Waals surface area contributed by atoms with Crippen LogP contribution in [0.3, 0.4) is 0 Å². The molecule has 1 aromatic heterocycles. The van der Waals surface area contributed by atoms with Crippen LogP contribution < -0.4 is 5.32 Å². The van der Waals surface area contributed by atoms with Gasteiger partial charge in [0.1, 0.15) is 5.76 Å². The number of amides is 1. The minimum atomic E-state index is -3.06. The van der Waals surface area contributed by atoms with Crippen LogP contribution in [0.25, 0.3) is 0 Å². The van der Waals surface area contributed by atoms with Crippen molar-refractivity contribution in [2.24, 2.45) is 0 Å². The monoisotopic (exact) mass is 460 g/mol. The van der Waals surface area contributed by atoms with Crippen LogP contribution in [-0.4, -0.2) is 43.3 Å². The zero-order valence-corrected chi connectivity index (χ0v) is 17.0. The molecule has 9 heteroatoms. The van der Waals surface area contributed by atoms with Gasteiger partial charge in [0.05, 0.1) is 41.6 Å². The highest BCUT2D eigenvalue weighted by Crippen LogP contribution is 2.26. The highest BCUT2D eigenvalue weighted by molar-refractivity contribution is 9.10. The number of carbonyl (C=O) groups is 1. The van der Waals surface area contributed by atoms with E-state index >= 15 is 0 Å². The fourth-order valence-electron chi connectivity index (χ4n) is 2.95. The number of benzene rings is 1. The van der Waals surface area contributed by atoms with Crippen molar-refractivity contribution >= 4 is 49.0 Å². The van der Waals surface area contributed by atoms with Crippen LogP contribution in [0.2, 0.25) is 5.02 Å². The second-order valence-electron chi connectivity index (χ2n) is 6.21. The van der Waals surface area contributed by atoms with Gasteiger partial charge < -0.3 is 9.73 Å². The molecule has 2 aromatic rings. The number of anilines is 1. The van der Waals surface area contributed by atoms with E-state index in [-0.39, 0.29) is 30.0 Å². The fourth-order valence-corrected chi connectivity index (χ4v) is 5.43. The second kappa shape index (κ2) is 8.12. The number of hydrogen-bond acceptors (Lipinski definition) is 5. The van der Waals surface area contributed by atoms with Gasteiger partial charge in [-0.25, -0.2) is 8.42 Å². The number of rotatable bonds is 6. The molecule has 0 bridgehead atoms. The fraction of sp³-hybridized carbons (Fsp3) is 0.353. The summed E-state index contributed by atoms with van der Waals surface area (Å²) in [6.07, 6.45) is 2.07. The van der Waals surface area contributed by atoms with Crippen molar-refractivity contribution in [1.82, 2.24) is 4.90 Å². The van der Waals surface area contributed by atoms with Crippen molar-refractivity contribution in [3.05, 3.63) is 51.9 Å². The predicted octanol–water partition coefficient (Wildman–Crippen LogP) is 3.32. The van der Waals surface area contributed by atoms with E-state index in [0.717, 1.165) is 4.47 Å². The van der Waals surface area contributed by atoms with Crippen LogP contribution in [0.1, 0.15) is 12.2 Å². The Bertz CT molecular complexity index is 886. The molecule has 26 heavy (non-hydrogen) atoms. The molecule has 2 heterocycles. The Morgan fingerprint density at radius 3 is 2.81 bits per heavy atom. The summed E-state index contributed by atoms with van der Waals surface area (Å²) in [5.41, 5.74) is 0.511. The van der Waals surface area contributed by atoms with E-state index in [1.54, 1.807) is 36.6 Å². The van der Waals surface area contributed by atoms with E-state index in [9.17, 15) is 13.2 Å². The summed E-state index contributed by atoms with van der Waals surface area (Å²) in [6, 6.07) is 8.55. The molecule has 0 radical (unpaired) electrons. The van der Waals surface area contributed by atoms with Crippen LogP contribution in [0.5, 0.6) is 0 Å². The summed E-state index contributed by atoms with van der Waals surface area (Å²) in [5.74, 6) is 0.626. The minimum Gasteiger partial charge on any atom is -0.468 e. The Labute approximate surface area is 165 Å². The van der Waals surface area contributed by atoms with Gasteiger partial charge in [-0.1, -0.05) is 27.5 Å². The highest BCUT2D eigenvalue weighted by atomic mass is 79.9. The molecular formula is C17H18BrClN2O4S. The van der Waals surface area contributed by atoms with E-state index < -0.39 is 9.84 Å². The van der Waals surface area contributed by atoms with E-state index in [1.807, 2.05) is 4.90 Å². The quantitative estimate of drug-likeness (QED) is 0.714. The number of nitrogens with zero attached hydrogens (tertiary/aromatic N) is 1. The average Bonchev–Trinajstić information content (AvgIpc) is 3.19. The van der Waals surface area contributed by atoms with E-state index in [1.165, 1.54) is 0 Å². The zero-order valence-electron chi connectivity index (χ0n) is 13.8. The highest BCUT2D eigenvalue weighted by Gasteiger charge is 2.33. The lowest BCUT2D eigenvalue weighted by molar-refractivity contribution is -0.118. The lowest BCUT2D eigenvalue weighted by Crippen LogP contribution is -2.41. The average molecular weight is 462 g/mol. The maximum Gasteiger partial charge on any atom is 0.238 e. The molecule has 3 rings (SSSR count). The number of carbonyl (C=O) groups excluding carboxylic acids is 1. The maximum absolute atomic E-state index is 12.5. The van der Waals surface area contributed by atoms with Gasteiger partial charge in [0.2, 0.25) is 5.91 Å². The number of sulfone groups is 1. The van der Waals surface area contributed by atoms with Gasteiger partial charge in [-0.05, 0) is 36.8 Å². The second-order valence-corrected chi connectivity index (χ2v) is 9.77. The van der Waals surface area contributed by atoms with Crippen molar-refractivity contribution < 1.29 is 17.6 Å². The van der Waals surface area contributed by atoms with Crippen LogP contribution in [0.4, 0.5) is 5.69 Å². The van der Waals surface area contributed by atoms with Gasteiger partial charge in [0.15, 0.2) is 9.84 Å². The normalized spacial score (nSPS) is 19.0. The molecule has 1 unspecified atom stereocenters. The first-order valence-corrected chi connectivity index (χ1v) is 11.0. The Hall–Kier alpha value is -1.35. The lowest BCUT2D eigenvalue weighted by Gasteiger charge is -2.26.